The largest absolute Gasteiger partial charge is 0.240 e. The Hall–Kier alpha value is -0.700. The van der Waals surface area contributed by atoms with Crippen LogP contribution in [-0.4, -0.2) is 9.97 Å². The summed E-state index contributed by atoms with van der Waals surface area (Å²) in [5, 5.41) is 0. The molecule has 1 aliphatic carbocycles. The summed E-state index contributed by atoms with van der Waals surface area (Å²) in [6.07, 6.45) is 8.17. The molecule has 1 aromatic heterocycles. The van der Waals surface area contributed by atoms with E-state index in [0.29, 0.717) is 11.3 Å². The minimum atomic E-state index is -0.377. The average molecular weight is 243 g/mol. The molecule has 1 aromatic rings. The lowest BCUT2D eigenvalue weighted by atomic mass is 9.91. The van der Waals surface area contributed by atoms with E-state index in [1.54, 1.807) is 0 Å². The molecule has 0 unspecified atom stereocenters. The van der Waals surface area contributed by atoms with Crippen LogP contribution in [0.4, 0.5) is 4.39 Å². The molecule has 0 saturated heterocycles. The van der Waals surface area contributed by atoms with Gasteiger partial charge >= 0.3 is 0 Å². The summed E-state index contributed by atoms with van der Waals surface area (Å²) in [5.41, 5.74) is 1.33. The molecule has 4 heteroatoms. The standard InChI is InChI=1S/C12H16ClFN2/c13-7-10-11(12(14)16-8-15-10)9-5-3-1-2-4-6-9/h8-9H,1-7H2. The summed E-state index contributed by atoms with van der Waals surface area (Å²) in [4.78, 5) is 7.74. The Morgan fingerprint density at radius 1 is 1.19 bits per heavy atom. The molecule has 0 atom stereocenters. The number of aromatic nitrogens is 2. The molecule has 1 aliphatic rings. The Bertz CT molecular complexity index is 349. The Morgan fingerprint density at radius 3 is 2.50 bits per heavy atom. The first-order valence-electron chi connectivity index (χ1n) is 5.88. The summed E-state index contributed by atoms with van der Waals surface area (Å²) < 4.78 is 13.7. The van der Waals surface area contributed by atoms with Gasteiger partial charge in [0, 0.05) is 5.56 Å². The maximum atomic E-state index is 13.7. The summed E-state index contributed by atoms with van der Waals surface area (Å²) in [5.74, 6) is 0.153. The predicted octanol–water partition coefficient (Wildman–Crippen LogP) is 3.79. The van der Waals surface area contributed by atoms with Crippen molar-refractivity contribution in [2.75, 3.05) is 0 Å². The van der Waals surface area contributed by atoms with Gasteiger partial charge in [0.2, 0.25) is 5.95 Å². The second-order valence-corrected chi connectivity index (χ2v) is 4.61. The van der Waals surface area contributed by atoms with Gasteiger partial charge in [-0.1, -0.05) is 25.7 Å². The third-order valence-corrected chi connectivity index (χ3v) is 3.56. The van der Waals surface area contributed by atoms with Crippen LogP contribution < -0.4 is 0 Å². The van der Waals surface area contributed by atoms with Gasteiger partial charge in [-0.2, -0.15) is 4.39 Å². The molecule has 0 N–H and O–H groups in total. The highest BCUT2D eigenvalue weighted by molar-refractivity contribution is 6.17. The second-order valence-electron chi connectivity index (χ2n) is 4.35. The highest BCUT2D eigenvalue weighted by Crippen LogP contribution is 2.34. The Balaban J connectivity index is 2.29. The smallest absolute Gasteiger partial charge is 0.219 e. The first kappa shape index (κ1) is 11.8. The number of hydrogen-bond donors (Lipinski definition) is 0. The molecule has 1 fully saturated rings. The molecule has 0 aliphatic heterocycles. The van der Waals surface area contributed by atoms with Crippen molar-refractivity contribution in [3.05, 3.63) is 23.5 Å². The van der Waals surface area contributed by atoms with Crippen molar-refractivity contribution >= 4 is 11.6 Å². The molecule has 1 saturated carbocycles. The van der Waals surface area contributed by atoms with E-state index in [1.165, 1.54) is 32.0 Å². The van der Waals surface area contributed by atoms with E-state index in [9.17, 15) is 4.39 Å². The molecule has 0 spiro atoms. The zero-order chi connectivity index (χ0) is 11.4. The molecule has 0 radical (unpaired) electrons. The maximum absolute atomic E-state index is 13.7. The van der Waals surface area contributed by atoms with Crippen molar-refractivity contribution in [2.45, 2.75) is 50.3 Å². The molecule has 16 heavy (non-hydrogen) atoms. The summed E-state index contributed by atoms with van der Waals surface area (Å²) >= 11 is 5.81. The monoisotopic (exact) mass is 242 g/mol. The van der Waals surface area contributed by atoms with Crippen LogP contribution in [0.1, 0.15) is 55.7 Å². The van der Waals surface area contributed by atoms with E-state index in [-0.39, 0.29) is 17.7 Å². The van der Waals surface area contributed by atoms with Crippen LogP contribution in [0.25, 0.3) is 0 Å². The fourth-order valence-corrected chi connectivity index (χ4v) is 2.70. The van der Waals surface area contributed by atoms with Gasteiger partial charge < -0.3 is 0 Å². The third-order valence-electron chi connectivity index (χ3n) is 3.31. The number of halogens is 2. The zero-order valence-corrected chi connectivity index (χ0v) is 10.0. The van der Waals surface area contributed by atoms with Crippen molar-refractivity contribution < 1.29 is 4.39 Å². The fraction of sp³-hybridized carbons (Fsp3) is 0.667. The third kappa shape index (κ3) is 2.51. The molecular formula is C12H16ClFN2. The van der Waals surface area contributed by atoms with Gasteiger partial charge in [0.1, 0.15) is 6.33 Å². The van der Waals surface area contributed by atoms with E-state index < -0.39 is 0 Å². The molecule has 88 valence electrons. The Labute approximate surface area is 100 Å². The highest BCUT2D eigenvalue weighted by atomic mass is 35.5. The van der Waals surface area contributed by atoms with Gasteiger partial charge in [-0.3, -0.25) is 0 Å². The number of alkyl halides is 1. The van der Waals surface area contributed by atoms with E-state index in [0.717, 1.165) is 12.8 Å². The maximum Gasteiger partial charge on any atom is 0.219 e. The number of hydrogen-bond acceptors (Lipinski definition) is 2. The van der Waals surface area contributed by atoms with E-state index in [2.05, 4.69) is 9.97 Å². The van der Waals surface area contributed by atoms with Crippen LogP contribution in [-0.2, 0) is 5.88 Å². The van der Waals surface area contributed by atoms with Crippen LogP contribution >= 0.6 is 11.6 Å². The summed E-state index contributed by atoms with van der Waals surface area (Å²) in [6, 6.07) is 0. The first-order chi connectivity index (χ1) is 7.83. The van der Waals surface area contributed by atoms with Crippen LogP contribution in [0, 0.1) is 5.95 Å². The van der Waals surface area contributed by atoms with Crippen molar-refractivity contribution in [3.63, 3.8) is 0 Å². The van der Waals surface area contributed by atoms with Gasteiger partial charge in [0.25, 0.3) is 0 Å². The topological polar surface area (TPSA) is 25.8 Å². The predicted molar refractivity (Wildman–Crippen MR) is 62.0 cm³/mol. The van der Waals surface area contributed by atoms with Crippen molar-refractivity contribution in [1.29, 1.82) is 0 Å². The lowest BCUT2D eigenvalue weighted by Gasteiger charge is -2.16. The van der Waals surface area contributed by atoms with Gasteiger partial charge in [-0.05, 0) is 18.8 Å². The molecular weight excluding hydrogens is 227 g/mol. The fourth-order valence-electron chi connectivity index (χ4n) is 2.49. The van der Waals surface area contributed by atoms with Crippen LogP contribution in [0.2, 0.25) is 0 Å². The van der Waals surface area contributed by atoms with Crippen molar-refractivity contribution in [1.82, 2.24) is 9.97 Å². The van der Waals surface area contributed by atoms with Crippen molar-refractivity contribution in [3.8, 4) is 0 Å². The first-order valence-corrected chi connectivity index (χ1v) is 6.41. The normalized spacial score (nSPS) is 18.4. The number of nitrogens with zero attached hydrogens (tertiary/aromatic N) is 2. The summed E-state index contributed by atoms with van der Waals surface area (Å²) in [7, 11) is 0. The zero-order valence-electron chi connectivity index (χ0n) is 9.25. The van der Waals surface area contributed by atoms with Crippen LogP contribution in [0.3, 0.4) is 0 Å². The lowest BCUT2D eigenvalue weighted by molar-refractivity contribution is 0.504. The van der Waals surface area contributed by atoms with Gasteiger partial charge in [-0.15, -0.1) is 11.6 Å². The van der Waals surface area contributed by atoms with Gasteiger partial charge in [0.15, 0.2) is 0 Å². The SMILES string of the molecule is Fc1ncnc(CCl)c1C1CCCCCC1. The highest BCUT2D eigenvalue weighted by Gasteiger charge is 2.22. The minimum Gasteiger partial charge on any atom is -0.240 e. The van der Waals surface area contributed by atoms with E-state index >= 15 is 0 Å². The van der Waals surface area contributed by atoms with Crippen LogP contribution in [0.15, 0.2) is 6.33 Å². The molecule has 2 rings (SSSR count). The molecule has 0 amide bonds. The van der Waals surface area contributed by atoms with Gasteiger partial charge in [0.05, 0.1) is 11.6 Å². The molecule has 2 nitrogen and oxygen atoms in total. The van der Waals surface area contributed by atoms with Crippen LogP contribution in [0.5, 0.6) is 0 Å². The second kappa shape index (κ2) is 5.58. The molecule has 1 heterocycles. The minimum absolute atomic E-state index is 0.262. The van der Waals surface area contributed by atoms with Crippen molar-refractivity contribution in [2.24, 2.45) is 0 Å². The Kier molecular flexibility index (Phi) is 4.10. The lowest BCUT2D eigenvalue weighted by Crippen LogP contribution is -2.08. The average Bonchev–Trinajstić information content (AvgIpc) is 2.57. The Morgan fingerprint density at radius 2 is 1.88 bits per heavy atom. The van der Waals surface area contributed by atoms with E-state index in [4.69, 9.17) is 11.6 Å². The molecule has 0 bridgehead atoms. The molecule has 0 aromatic carbocycles. The van der Waals surface area contributed by atoms with E-state index in [1.807, 2.05) is 0 Å². The quantitative estimate of drug-likeness (QED) is 0.448. The number of rotatable bonds is 2. The summed E-state index contributed by atoms with van der Waals surface area (Å²) in [6.45, 7) is 0. The van der Waals surface area contributed by atoms with Gasteiger partial charge in [-0.25, -0.2) is 9.97 Å².